The third-order valence-corrected chi connectivity index (χ3v) is 1.71. The molecular weight excluding hydrogens is 149 g/mol. The molecule has 1 fully saturated rings. The first-order valence-electron chi connectivity index (χ1n) is 3.40. The normalized spacial score (nSPS) is 34.1. The Bertz CT molecular complexity index is 223. The summed E-state index contributed by atoms with van der Waals surface area (Å²) in [4.78, 5) is 10.9. The highest BCUT2D eigenvalue weighted by Crippen LogP contribution is 2.48. The fraction of sp³-hybridized carbons (Fsp3) is 0.714. The second-order valence-electron chi connectivity index (χ2n) is 2.48. The van der Waals surface area contributed by atoms with E-state index in [4.69, 9.17) is 5.26 Å². The van der Waals surface area contributed by atoms with Crippen LogP contribution in [0.4, 0.5) is 4.39 Å². The van der Waals surface area contributed by atoms with Crippen LogP contribution in [0.1, 0.15) is 13.3 Å². The van der Waals surface area contributed by atoms with Crippen LogP contribution in [0.15, 0.2) is 0 Å². The van der Waals surface area contributed by atoms with Crippen molar-refractivity contribution in [2.75, 3.05) is 6.61 Å². The molecule has 0 N–H and O–H groups in total. The van der Waals surface area contributed by atoms with Crippen molar-refractivity contribution in [3.05, 3.63) is 0 Å². The first-order chi connectivity index (χ1) is 5.17. The van der Waals surface area contributed by atoms with E-state index in [9.17, 15) is 9.18 Å². The predicted octanol–water partition coefficient (Wildman–Crippen LogP) is 0.801. The fourth-order valence-corrected chi connectivity index (χ4v) is 0.856. The van der Waals surface area contributed by atoms with Gasteiger partial charge in [-0.2, -0.15) is 5.26 Å². The summed E-state index contributed by atoms with van der Waals surface area (Å²) < 4.78 is 17.0. The Balaban J connectivity index is 2.60. The molecule has 3 nitrogen and oxygen atoms in total. The minimum atomic E-state index is -1.46. The molecule has 4 heteroatoms. The molecule has 0 heterocycles. The number of nitrogens with zero attached hydrogens (tertiary/aromatic N) is 1. The van der Waals surface area contributed by atoms with Crippen molar-refractivity contribution in [3.8, 4) is 6.07 Å². The smallest absolute Gasteiger partial charge is 0.329 e. The quantitative estimate of drug-likeness (QED) is 0.557. The van der Waals surface area contributed by atoms with E-state index in [2.05, 4.69) is 4.74 Å². The second-order valence-corrected chi connectivity index (χ2v) is 2.48. The zero-order chi connectivity index (χ0) is 8.48. The molecule has 0 aromatic rings. The summed E-state index contributed by atoms with van der Waals surface area (Å²) in [5.74, 6) is -0.727. The second kappa shape index (κ2) is 2.50. The summed E-state index contributed by atoms with van der Waals surface area (Å²) in [5.41, 5.74) is -1.46. The van der Waals surface area contributed by atoms with E-state index < -0.39 is 17.6 Å². The maximum atomic E-state index is 12.5. The van der Waals surface area contributed by atoms with Gasteiger partial charge in [-0.3, -0.25) is 4.79 Å². The van der Waals surface area contributed by atoms with Gasteiger partial charge in [-0.25, -0.2) is 4.39 Å². The monoisotopic (exact) mass is 157 g/mol. The van der Waals surface area contributed by atoms with Crippen LogP contribution in [-0.2, 0) is 9.53 Å². The Hall–Kier alpha value is -1.11. The van der Waals surface area contributed by atoms with E-state index in [1.165, 1.54) is 0 Å². The van der Waals surface area contributed by atoms with Gasteiger partial charge in [0.25, 0.3) is 0 Å². The van der Waals surface area contributed by atoms with Gasteiger partial charge in [0.05, 0.1) is 12.7 Å². The fourth-order valence-electron chi connectivity index (χ4n) is 0.856. The lowest BCUT2D eigenvalue weighted by Gasteiger charge is -2.03. The molecule has 0 spiro atoms. The van der Waals surface area contributed by atoms with Gasteiger partial charge in [0, 0.05) is 6.42 Å². The van der Waals surface area contributed by atoms with Crippen LogP contribution in [0.5, 0.6) is 0 Å². The van der Waals surface area contributed by atoms with Crippen LogP contribution in [0, 0.1) is 16.7 Å². The number of esters is 1. The van der Waals surface area contributed by atoms with Gasteiger partial charge < -0.3 is 4.74 Å². The molecule has 0 amide bonds. The number of hydrogen-bond donors (Lipinski definition) is 0. The molecule has 2 atom stereocenters. The van der Waals surface area contributed by atoms with Gasteiger partial charge >= 0.3 is 5.97 Å². The van der Waals surface area contributed by atoms with E-state index in [1.54, 1.807) is 13.0 Å². The molecule has 0 aromatic heterocycles. The largest absolute Gasteiger partial charge is 0.465 e. The van der Waals surface area contributed by atoms with Crippen molar-refractivity contribution < 1.29 is 13.9 Å². The topological polar surface area (TPSA) is 50.1 Å². The summed E-state index contributed by atoms with van der Waals surface area (Å²) in [6.07, 6.45) is -1.34. The zero-order valence-corrected chi connectivity index (χ0v) is 6.13. The average Bonchev–Trinajstić information content (AvgIpc) is 2.63. The number of hydrogen-bond acceptors (Lipinski definition) is 3. The summed E-state index contributed by atoms with van der Waals surface area (Å²) in [6, 6.07) is 1.64. The number of alkyl halides is 1. The van der Waals surface area contributed by atoms with Gasteiger partial charge in [0.2, 0.25) is 0 Å². The van der Waals surface area contributed by atoms with Gasteiger partial charge in [0.15, 0.2) is 5.41 Å². The number of ether oxygens (including phenoxy) is 1. The lowest BCUT2D eigenvalue weighted by molar-refractivity contribution is -0.148. The van der Waals surface area contributed by atoms with Crippen molar-refractivity contribution >= 4 is 5.97 Å². The Morgan fingerprint density at radius 2 is 2.55 bits per heavy atom. The highest BCUT2D eigenvalue weighted by Gasteiger charge is 2.63. The van der Waals surface area contributed by atoms with Gasteiger partial charge in [-0.15, -0.1) is 0 Å². The molecule has 0 aromatic carbocycles. The first-order valence-corrected chi connectivity index (χ1v) is 3.40. The molecule has 1 aliphatic carbocycles. The highest BCUT2D eigenvalue weighted by molar-refractivity contribution is 5.84. The van der Waals surface area contributed by atoms with Crippen molar-refractivity contribution in [1.29, 1.82) is 5.26 Å². The first kappa shape index (κ1) is 7.99. The Kier molecular flexibility index (Phi) is 1.81. The number of carbonyl (C=O) groups is 1. The minimum Gasteiger partial charge on any atom is -0.465 e. The third-order valence-electron chi connectivity index (χ3n) is 1.71. The number of carbonyl (C=O) groups excluding carboxylic acids is 1. The summed E-state index contributed by atoms with van der Waals surface area (Å²) in [7, 11) is 0. The maximum Gasteiger partial charge on any atom is 0.329 e. The zero-order valence-electron chi connectivity index (χ0n) is 6.13. The van der Waals surface area contributed by atoms with Crippen LogP contribution >= 0.6 is 0 Å². The molecule has 0 unspecified atom stereocenters. The minimum absolute atomic E-state index is 0.0116. The molecule has 0 aliphatic heterocycles. The average molecular weight is 157 g/mol. The Morgan fingerprint density at radius 1 is 2.00 bits per heavy atom. The molecule has 1 aliphatic rings. The molecule has 11 heavy (non-hydrogen) atoms. The van der Waals surface area contributed by atoms with Gasteiger partial charge in [0.1, 0.15) is 6.17 Å². The van der Waals surface area contributed by atoms with E-state index in [1.807, 2.05) is 0 Å². The number of halogens is 1. The van der Waals surface area contributed by atoms with E-state index >= 15 is 0 Å². The van der Waals surface area contributed by atoms with Crippen molar-refractivity contribution in [3.63, 3.8) is 0 Å². The summed E-state index contributed by atoms with van der Waals surface area (Å²) in [5, 5.41) is 8.43. The Morgan fingerprint density at radius 3 is 2.82 bits per heavy atom. The van der Waals surface area contributed by atoms with Crippen LogP contribution in [0.3, 0.4) is 0 Å². The predicted molar refractivity (Wildman–Crippen MR) is 34.2 cm³/mol. The molecule has 1 rings (SSSR count). The van der Waals surface area contributed by atoms with Crippen LogP contribution in [0.25, 0.3) is 0 Å². The maximum absolute atomic E-state index is 12.5. The lowest BCUT2D eigenvalue weighted by Crippen LogP contribution is -2.19. The lowest BCUT2D eigenvalue weighted by atomic mass is 10.1. The molecule has 0 bridgehead atoms. The Labute approximate surface area is 63.8 Å². The molecule has 1 saturated carbocycles. The van der Waals surface area contributed by atoms with Crippen LogP contribution < -0.4 is 0 Å². The number of nitriles is 1. The summed E-state index contributed by atoms with van der Waals surface area (Å²) in [6.45, 7) is 1.81. The van der Waals surface area contributed by atoms with Crippen molar-refractivity contribution in [1.82, 2.24) is 0 Å². The van der Waals surface area contributed by atoms with Crippen LogP contribution in [0.2, 0.25) is 0 Å². The SMILES string of the molecule is CCOC(=O)[C@@]1(C#N)C[C@@H]1F. The van der Waals surface area contributed by atoms with E-state index in [-0.39, 0.29) is 13.0 Å². The molecule has 0 saturated heterocycles. The molecule has 0 radical (unpaired) electrons. The third kappa shape index (κ3) is 1.07. The van der Waals surface area contributed by atoms with Crippen LogP contribution in [-0.4, -0.2) is 18.7 Å². The summed E-state index contributed by atoms with van der Waals surface area (Å²) >= 11 is 0. The standard InChI is InChI=1S/C7H8FNO2/c1-2-11-6(10)7(4-9)3-5(7)8/h5H,2-3H2,1H3/t5-,7+/m0/s1. The van der Waals surface area contributed by atoms with E-state index in [0.29, 0.717) is 0 Å². The van der Waals surface area contributed by atoms with Crippen molar-refractivity contribution in [2.45, 2.75) is 19.5 Å². The highest BCUT2D eigenvalue weighted by atomic mass is 19.1. The van der Waals surface area contributed by atoms with Crippen molar-refractivity contribution in [2.24, 2.45) is 5.41 Å². The van der Waals surface area contributed by atoms with E-state index in [0.717, 1.165) is 0 Å². The van der Waals surface area contributed by atoms with Gasteiger partial charge in [-0.1, -0.05) is 0 Å². The molecule has 60 valence electrons. The number of rotatable bonds is 2. The van der Waals surface area contributed by atoms with Gasteiger partial charge in [-0.05, 0) is 6.92 Å². The molecular formula is C7H8FNO2.